The highest BCUT2D eigenvalue weighted by Crippen LogP contribution is 2.42. The Bertz CT molecular complexity index is 505. The van der Waals surface area contributed by atoms with Crippen molar-refractivity contribution in [3.8, 4) is 0 Å². The summed E-state index contributed by atoms with van der Waals surface area (Å²) in [6.07, 6.45) is 0.916. The predicted molar refractivity (Wildman–Crippen MR) is 81.6 cm³/mol. The fourth-order valence-electron chi connectivity index (χ4n) is 3.90. The molecule has 2 heterocycles. The molecule has 2 aliphatic heterocycles. The van der Waals surface area contributed by atoms with E-state index in [1.807, 2.05) is 11.0 Å². The number of fused-ring (bicyclic) bond motifs is 1. The maximum atomic E-state index is 11.6. The topological polar surface area (TPSA) is 43.8 Å². The molecule has 4 heteroatoms. The summed E-state index contributed by atoms with van der Waals surface area (Å²) in [6.45, 7) is 6.29. The molecule has 1 amide bonds. The predicted octanol–water partition coefficient (Wildman–Crippen LogP) is 1.35. The van der Waals surface area contributed by atoms with E-state index in [4.69, 9.17) is 0 Å². The van der Waals surface area contributed by atoms with Gasteiger partial charge in [-0.2, -0.15) is 0 Å². The van der Waals surface area contributed by atoms with Crippen LogP contribution < -0.4 is 0 Å². The van der Waals surface area contributed by atoms with Gasteiger partial charge in [0, 0.05) is 45.1 Å². The standard InChI is InChI=1S/C17H24N2O2/c1-14(21)19-8-7-17(13-20)12-18(10-16(17)11-19)9-15-5-3-2-4-6-15/h2-6,16,20H,7-13H2,1H3/t16-,17-/m1/s1. The van der Waals surface area contributed by atoms with Crippen molar-refractivity contribution < 1.29 is 9.90 Å². The molecule has 0 spiro atoms. The van der Waals surface area contributed by atoms with Gasteiger partial charge < -0.3 is 10.0 Å². The number of carbonyl (C=O) groups is 1. The Balaban J connectivity index is 1.70. The van der Waals surface area contributed by atoms with Crippen molar-refractivity contribution in [1.29, 1.82) is 0 Å². The molecule has 2 fully saturated rings. The largest absolute Gasteiger partial charge is 0.396 e. The molecule has 1 aromatic carbocycles. The number of benzene rings is 1. The van der Waals surface area contributed by atoms with Crippen molar-refractivity contribution in [1.82, 2.24) is 9.80 Å². The molecule has 114 valence electrons. The molecule has 0 aliphatic carbocycles. The zero-order valence-corrected chi connectivity index (χ0v) is 12.7. The van der Waals surface area contributed by atoms with Gasteiger partial charge >= 0.3 is 0 Å². The number of amides is 1. The van der Waals surface area contributed by atoms with Gasteiger partial charge in [0.25, 0.3) is 0 Å². The molecular weight excluding hydrogens is 264 g/mol. The summed E-state index contributed by atoms with van der Waals surface area (Å²) >= 11 is 0. The highest BCUT2D eigenvalue weighted by molar-refractivity contribution is 5.73. The lowest BCUT2D eigenvalue weighted by molar-refractivity contribution is -0.133. The van der Waals surface area contributed by atoms with Gasteiger partial charge in [-0.05, 0) is 17.9 Å². The van der Waals surface area contributed by atoms with Crippen LogP contribution in [0.5, 0.6) is 0 Å². The van der Waals surface area contributed by atoms with Crippen molar-refractivity contribution in [2.45, 2.75) is 19.9 Å². The van der Waals surface area contributed by atoms with E-state index in [0.29, 0.717) is 5.92 Å². The molecule has 2 aliphatic rings. The van der Waals surface area contributed by atoms with E-state index < -0.39 is 0 Å². The monoisotopic (exact) mass is 288 g/mol. The van der Waals surface area contributed by atoms with Crippen LogP contribution in [-0.2, 0) is 11.3 Å². The molecule has 0 radical (unpaired) electrons. The minimum atomic E-state index is -0.0132. The SMILES string of the molecule is CC(=O)N1CC[C@]2(CO)CN(Cc3ccccc3)C[C@@H]2C1. The molecule has 0 saturated carbocycles. The number of likely N-dealkylation sites (tertiary alicyclic amines) is 2. The zero-order valence-electron chi connectivity index (χ0n) is 12.7. The van der Waals surface area contributed by atoms with Crippen molar-refractivity contribution in [2.75, 3.05) is 32.8 Å². The lowest BCUT2D eigenvalue weighted by Gasteiger charge is -2.42. The summed E-state index contributed by atoms with van der Waals surface area (Å²) in [6, 6.07) is 10.5. The maximum absolute atomic E-state index is 11.6. The molecule has 0 unspecified atom stereocenters. The number of rotatable bonds is 3. The Morgan fingerprint density at radius 3 is 2.76 bits per heavy atom. The Labute approximate surface area is 126 Å². The Morgan fingerprint density at radius 1 is 1.33 bits per heavy atom. The van der Waals surface area contributed by atoms with Gasteiger partial charge in [0.2, 0.25) is 5.91 Å². The Hall–Kier alpha value is -1.39. The summed E-state index contributed by atoms with van der Waals surface area (Å²) in [7, 11) is 0. The lowest BCUT2D eigenvalue weighted by Crippen LogP contribution is -2.50. The van der Waals surface area contributed by atoms with Crippen LogP contribution in [-0.4, -0.2) is 53.6 Å². The maximum Gasteiger partial charge on any atom is 0.219 e. The summed E-state index contributed by atoms with van der Waals surface area (Å²) in [5.74, 6) is 0.548. The molecule has 1 aromatic rings. The summed E-state index contributed by atoms with van der Waals surface area (Å²) in [5.41, 5.74) is 1.30. The van der Waals surface area contributed by atoms with Gasteiger partial charge in [-0.25, -0.2) is 0 Å². The first-order valence-corrected chi connectivity index (χ1v) is 7.76. The first-order chi connectivity index (χ1) is 10.1. The summed E-state index contributed by atoms with van der Waals surface area (Å²) in [4.78, 5) is 16.0. The third-order valence-electron chi connectivity index (χ3n) is 5.21. The van der Waals surface area contributed by atoms with E-state index in [2.05, 4.69) is 29.2 Å². The minimum Gasteiger partial charge on any atom is -0.396 e. The van der Waals surface area contributed by atoms with E-state index in [-0.39, 0.29) is 17.9 Å². The number of carbonyl (C=O) groups excluding carboxylic acids is 1. The first-order valence-electron chi connectivity index (χ1n) is 7.76. The van der Waals surface area contributed by atoms with Crippen molar-refractivity contribution in [3.63, 3.8) is 0 Å². The number of aliphatic hydroxyl groups is 1. The fraction of sp³-hybridized carbons (Fsp3) is 0.588. The number of hydrogen-bond acceptors (Lipinski definition) is 3. The summed E-state index contributed by atoms with van der Waals surface area (Å²) in [5, 5.41) is 9.93. The van der Waals surface area contributed by atoms with Gasteiger partial charge in [-0.15, -0.1) is 0 Å². The third kappa shape index (κ3) is 2.83. The Morgan fingerprint density at radius 2 is 2.10 bits per heavy atom. The van der Waals surface area contributed by atoms with Crippen LogP contribution in [0.15, 0.2) is 30.3 Å². The second-order valence-corrected chi connectivity index (χ2v) is 6.59. The van der Waals surface area contributed by atoms with Crippen LogP contribution in [0, 0.1) is 11.3 Å². The quantitative estimate of drug-likeness (QED) is 0.913. The zero-order chi connectivity index (χ0) is 14.9. The highest BCUT2D eigenvalue weighted by atomic mass is 16.3. The molecule has 21 heavy (non-hydrogen) atoms. The van der Waals surface area contributed by atoms with Crippen LogP contribution in [0.3, 0.4) is 0 Å². The third-order valence-corrected chi connectivity index (χ3v) is 5.21. The van der Waals surface area contributed by atoms with Gasteiger partial charge in [-0.3, -0.25) is 9.69 Å². The van der Waals surface area contributed by atoms with Gasteiger partial charge in [0.1, 0.15) is 0 Å². The second kappa shape index (κ2) is 5.78. The van der Waals surface area contributed by atoms with E-state index >= 15 is 0 Å². The van der Waals surface area contributed by atoms with Crippen LogP contribution >= 0.6 is 0 Å². The van der Waals surface area contributed by atoms with E-state index in [0.717, 1.165) is 39.1 Å². The lowest BCUT2D eigenvalue weighted by atomic mass is 9.73. The minimum absolute atomic E-state index is 0.0132. The number of piperidine rings is 1. The van der Waals surface area contributed by atoms with Gasteiger partial charge in [-0.1, -0.05) is 30.3 Å². The van der Waals surface area contributed by atoms with Gasteiger partial charge in [0.15, 0.2) is 0 Å². The van der Waals surface area contributed by atoms with Crippen molar-refractivity contribution in [2.24, 2.45) is 11.3 Å². The van der Waals surface area contributed by atoms with Crippen molar-refractivity contribution in [3.05, 3.63) is 35.9 Å². The van der Waals surface area contributed by atoms with Gasteiger partial charge in [0.05, 0.1) is 6.61 Å². The molecule has 4 nitrogen and oxygen atoms in total. The molecule has 1 N–H and O–H groups in total. The first kappa shape index (κ1) is 14.5. The van der Waals surface area contributed by atoms with E-state index in [1.165, 1.54) is 5.56 Å². The fourth-order valence-corrected chi connectivity index (χ4v) is 3.90. The van der Waals surface area contributed by atoms with Crippen LogP contribution in [0.2, 0.25) is 0 Å². The molecular formula is C17H24N2O2. The smallest absolute Gasteiger partial charge is 0.219 e. The molecule has 2 atom stereocenters. The highest BCUT2D eigenvalue weighted by Gasteiger charge is 2.49. The molecule has 0 aromatic heterocycles. The molecule has 3 rings (SSSR count). The average Bonchev–Trinajstić information content (AvgIpc) is 2.85. The number of hydrogen-bond donors (Lipinski definition) is 1. The van der Waals surface area contributed by atoms with Crippen molar-refractivity contribution >= 4 is 5.91 Å². The number of nitrogens with zero attached hydrogens (tertiary/aromatic N) is 2. The van der Waals surface area contributed by atoms with Crippen LogP contribution in [0.1, 0.15) is 18.9 Å². The van der Waals surface area contributed by atoms with Crippen LogP contribution in [0.4, 0.5) is 0 Å². The Kier molecular flexibility index (Phi) is 4.00. The molecule has 0 bridgehead atoms. The van der Waals surface area contributed by atoms with E-state index in [1.54, 1.807) is 6.92 Å². The average molecular weight is 288 g/mol. The molecule has 2 saturated heterocycles. The normalized spacial score (nSPS) is 29.4. The second-order valence-electron chi connectivity index (χ2n) is 6.59. The summed E-state index contributed by atoms with van der Waals surface area (Å²) < 4.78 is 0. The van der Waals surface area contributed by atoms with E-state index in [9.17, 15) is 9.90 Å². The van der Waals surface area contributed by atoms with Crippen LogP contribution in [0.25, 0.3) is 0 Å². The number of aliphatic hydroxyl groups excluding tert-OH is 1.